The molecule has 1 saturated carbocycles. The molecule has 2 fully saturated rings. The smallest absolute Gasteiger partial charge is 0.217 e. The summed E-state index contributed by atoms with van der Waals surface area (Å²) in [6, 6.07) is 3.26. The van der Waals surface area contributed by atoms with Gasteiger partial charge in [-0.25, -0.2) is 21.1 Å². The predicted octanol–water partition coefficient (Wildman–Crippen LogP) is 0.761. The Labute approximate surface area is 118 Å². The highest BCUT2D eigenvalue weighted by molar-refractivity contribution is 7.91. The van der Waals surface area contributed by atoms with Gasteiger partial charge in [-0.2, -0.15) is 0 Å². The summed E-state index contributed by atoms with van der Waals surface area (Å²) in [6.07, 6.45) is 3.20. The van der Waals surface area contributed by atoms with E-state index in [1.165, 1.54) is 10.6 Å². The van der Waals surface area contributed by atoms with Crippen LogP contribution in [0.1, 0.15) is 25.0 Å². The average molecular weight is 319 g/mol. The highest BCUT2D eigenvalue weighted by Gasteiger charge is 2.45. The third kappa shape index (κ3) is 2.64. The van der Waals surface area contributed by atoms with Gasteiger partial charge >= 0.3 is 0 Å². The normalized spacial score (nSPS) is 25.1. The molecule has 2 aliphatic rings. The van der Waals surface area contributed by atoms with Crippen LogP contribution in [0.25, 0.3) is 0 Å². The maximum absolute atomic E-state index is 12.3. The first kappa shape index (κ1) is 14.1. The molecule has 0 amide bonds. The van der Waals surface area contributed by atoms with Gasteiger partial charge in [-0.05, 0) is 31.4 Å². The molecule has 20 heavy (non-hydrogen) atoms. The molecule has 112 valence electrons. The molecule has 0 spiro atoms. The Bertz CT molecular complexity index is 673. The first-order valence-electron chi connectivity index (χ1n) is 6.62. The van der Waals surface area contributed by atoms with Crippen molar-refractivity contribution >= 4 is 19.9 Å². The van der Waals surface area contributed by atoms with Crippen LogP contribution in [0.4, 0.5) is 0 Å². The van der Waals surface area contributed by atoms with E-state index in [0.717, 1.165) is 0 Å². The lowest BCUT2D eigenvalue weighted by Gasteiger charge is -2.16. The molecule has 1 saturated heterocycles. The molecule has 0 radical (unpaired) electrons. The molecule has 3 rings (SSSR count). The Kier molecular flexibility index (Phi) is 3.42. The first-order valence-corrected chi connectivity index (χ1v) is 9.84. The maximum Gasteiger partial charge on any atom is 0.217 e. The summed E-state index contributed by atoms with van der Waals surface area (Å²) >= 11 is 0. The number of rotatable bonds is 5. The van der Waals surface area contributed by atoms with E-state index < -0.39 is 25.1 Å². The fourth-order valence-corrected chi connectivity index (χ4v) is 6.17. The second kappa shape index (κ2) is 4.85. The van der Waals surface area contributed by atoms with Crippen molar-refractivity contribution in [1.29, 1.82) is 0 Å². The van der Waals surface area contributed by atoms with Crippen LogP contribution in [-0.4, -0.2) is 44.7 Å². The molecule has 0 bridgehead atoms. The maximum atomic E-state index is 12.3. The van der Waals surface area contributed by atoms with E-state index in [0.29, 0.717) is 31.6 Å². The summed E-state index contributed by atoms with van der Waals surface area (Å²) in [5.74, 6) is 0.232. The van der Waals surface area contributed by atoms with E-state index in [1.807, 2.05) is 0 Å². The van der Waals surface area contributed by atoms with Gasteiger partial charge in [-0.1, -0.05) is 0 Å². The first-order chi connectivity index (χ1) is 9.39. The second-order valence-corrected chi connectivity index (χ2v) is 9.89. The molecule has 1 aliphatic heterocycles. The Hall–Kier alpha value is -0.860. The zero-order chi connectivity index (χ0) is 14.4. The Morgan fingerprint density at radius 2 is 1.90 bits per heavy atom. The molecule has 6 nitrogen and oxygen atoms in total. The van der Waals surface area contributed by atoms with Gasteiger partial charge in [-0.3, -0.25) is 0 Å². The molecule has 1 aromatic heterocycles. The number of sulfonamides is 1. The van der Waals surface area contributed by atoms with Crippen LogP contribution in [0.3, 0.4) is 0 Å². The quantitative estimate of drug-likeness (QED) is 0.800. The highest BCUT2D eigenvalue weighted by atomic mass is 32.2. The molecule has 1 aliphatic carbocycles. The van der Waals surface area contributed by atoms with Crippen LogP contribution in [-0.2, 0) is 25.6 Å². The van der Waals surface area contributed by atoms with Gasteiger partial charge in [0.25, 0.3) is 0 Å². The lowest BCUT2D eigenvalue weighted by molar-refractivity contribution is 0.475. The molecule has 2 heterocycles. The highest BCUT2D eigenvalue weighted by Crippen LogP contribution is 2.34. The molecule has 0 unspecified atom stereocenters. The fraction of sp³-hybridized carbons (Fsp3) is 0.667. The number of hydrogen-bond acceptors (Lipinski definition) is 5. The summed E-state index contributed by atoms with van der Waals surface area (Å²) < 4.78 is 55.2. The average Bonchev–Trinajstić information content (AvgIpc) is 2.90. The summed E-state index contributed by atoms with van der Waals surface area (Å²) in [5.41, 5.74) is 0. The topological polar surface area (TPSA) is 84.7 Å². The van der Waals surface area contributed by atoms with Crippen molar-refractivity contribution in [2.24, 2.45) is 0 Å². The van der Waals surface area contributed by atoms with Crippen LogP contribution >= 0.6 is 0 Å². The summed E-state index contributed by atoms with van der Waals surface area (Å²) in [7, 11) is -6.66. The summed E-state index contributed by atoms with van der Waals surface area (Å²) in [6.45, 7) is 0.392. The SMILES string of the molecule is O=S(=O)(Cc1ccco1)[C@@H]1CCN(S(=O)(=O)C2CC2)C1. The van der Waals surface area contributed by atoms with Gasteiger partial charge in [0, 0.05) is 13.1 Å². The van der Waals surface area contributed by atoms with E-state index in [-0.39, 0.29) is 17.5 Å². The molecule has 1 atom stereocenters. The monoisotopic (exact) mass is 319 g/mol. The zero-order valence-corrected chi connectivity index (χ0v) is 12.6. The summed E-state index contributed by atoms with van der Waals surface area (Å²) in [4.78, 5) is 0. The third-order valence-electron chi connectivity index (χ3n) is 3.84. The molecule has 0 N–H and O–H groups in total. The van der Waals surface area contributed by atoms with Crippen LogP contribution < -0.4 is 0 Å². The third-order valence-corrected chi connectivity index (χ3v) is 8.30. The van der Waals surface area contributed by atoms with Gasteiger partial charge in [0.2, 0.25) is 10.0 Å². The Morgan fingerprint density at radius 3 is 2.50 bits per heavy atom. The van der Waals surface area contributed by atoms with Crippen molar-refractivity contribution in [3.63, 3.8) is 0 Å². The van der Waals surface area contributed by atoms with Crippen LogP contribution in [0.2, 0.25) is 0 Å². The number of sulfone groups is 1. The van der Waals surface area contributed by atoms with Gasteiger partial charge in [0.05, 0.1) is 16.8 Å². The minimum atomic E-state index is -3.38. The van der Waals surface area contributed by atoms with Crippen molar-refractivity contribution in [1.82, 2.24) is 4.31 Å². The van der Waals surface area contributed by atoms with Crippen molar-refractivity contribution in [2.75, 3.05) is 13.1 Å². The Morgan fingerprint density at radius 1 is 1.15 bits per heavy atom. The van der Waals surface area contributed by atoms with Crippen LogP contribution in [0, 0.1) is 0 Å². The van der Waals surface area contributed by atoms with E-state index >= 15 is 0 Å². The van der Waals surface area contributed by atoms with Gasteiger partial charge in [0.15, 0.2) is 9.84 Å². The van der Waals surface area contributed by atoms with Gasteiger partial charge in [-0.15, -0.1) is 0 Å². The van der Waals surface area contributed by atoms with Crippen LogP contribution in [0.5, 0.6) is 0 Å². The van der Waals surface area contributed by atoms with E-state index in [4.69, 9.17) is 4.42 Å². The van der Waals surface area contributed by atoms with Crippen molar-refractivity contribution in [3.8, 4) is 0 Å². The number of furan rings is 1. The molecule has 0 aromatic carbocycles. The molecular weight excluding hydrogens is 302 g/mol. The molecule has 1 aromatic rings. The fourth-order valence-electron chi connectivity index (χ4n) is 2.51. The van der Waals surface area contributed by atoms with Crippen molar-refractivity contribution in [2.45, 2.75) is 35.5 Å². The molecular formula is C12H17NO5S2. The molecule has 8 heteroatoms. The Balaban J connectivity index is 1.70. The minimum absolute atomic E-state index is 0.0852. The van der Waals surface area contributed by atoms with E-state index in [1.54, 1.807) is 12.1 Å². The predicted molar refractivity (Wildman–Crippen MR) is 73.3 cm³/mol. The second-order valence-electron chi connectivity index (χ2n) is 5.40. The lowest BCUT2D eigenvalue weighted by atomic mass is 10.4. The minimum Gasteiger partial charge on any atom is -0.468 e. The lowest BCUT2D eigenvalue weighted by Crippen LogP contribution is -2.34. The number of nitrogens with zero attached hydrogens (tertiary/aromatic N) is 1. The van der Waals surface area contributed by atoms with E-state index in [2.05, 4.69) is 0 Å². The standard InChI is InChI=1S/C12H17NO5S2/c14-19(15,9-10-2-1-7-18-10)12-5-6-13(8-12)20(16,17)11-3-4-11/h1-2,7,11-12H,3-6,8-9H2/t12-/m1/s1. The summed E-state index contributed by atoms with van der Waals surface area (Å²) in [5, 5.41) is -0.907. The zero-order valence-electron chi connectivity index (χ0n) is 10.9. The largest absolute Gasteiger partial charge is 0.468 e. The number of hydrogen-bond donors (Lipinski definition) is 0. The van der Waals surface area contributed by atoms with Crippen molar-refractivity contribution < 1.29 is 21.3 Å². The van der Waals surface area contributed by atoms with E-state index in [9.17, 15) is 16.8 Å². The van der Waals surface area contributed by atoms with Gasteiger partial charge < -0.3 is 4.42 Å². The van der Waals surface area contributed by atoms with Crippen molar-refractivity contribution in [3.05, 3.63) is 24.2 Å². The van der Waals surface area contributed by atoms with Crippen LogP contribution in [0.15, 0.2) is 22.8 Å². The van der Waals surface area contributed by atoms with Gasteiger partial charge in [0.1, 0.15) is 11.5 Å².